The van der Waals surface area contributed by atoms with Crippen LogP contribution >= 0.6 is 10.7 Å². The van der Waals surface area contributed by atoms with Crippen LogP contribution in [0.25, 0.3) is 0 Å². The Morgan fingerprint density at radius 3 is 2.64 bits per heavy atom. The Balaban J connectivity index is 3.16. The van der Waals surface area contributed by atoms with Crippen molar-refractivity contribution in [1.29, 1.82) is 0 Å². The summed E-state index contributed by atoms with van der Waals surface area (Å²) >= 11 is 0. The summed E-state index contributed by atoms with van der Waals surface area (Å²) < 4.78 is 28.4. The first kappa shape index (κ1) is 11.5. The Hall–Kier alpha value is -0.590. The van der Waals surface area contributed by atoms with Gasteiger partial charge in [0.15, 0.2) is 5.03 Å². The summed E-state index contributed by atoms with van der Waals surface area (Å²) in [6, 6.07) is 1.41. The van der Waals surface area contributed by atoms with E-state index in [1.165, 1.54) is 17.9 Å². The van der Waals surface area contributed by atoms with Crippen molar-refractivity contribution in [3.8, 4) is 0 Å². The molecule has 0 aromatic carbocycles. The zero-order valence-corrected chi connectivity index (χ0v) is 9.47. The van der Waals surface area contributed by atoms with Gasteiger partial charge in [-0.05, 0) is 6.92 Å². The molecule has 0 radical (unpaired) electrons. The summed E-state index contributed by atoms with van der Waals surface area (Å²) in [6.45, 7) is 2.51. The van der Waals surface area contributed by atoms with E-state index in [1.807, 2.05) is 0 Å². The van der Waals surface area contributed by atoms with E-state index in [-0.39, 0.29) is 11.6 Å². The molecular formula is C7H11ClN2O3S. The number of aromatic nitrogens is 2. The molecule has 0 fully saturated rings. The average Bonchev–Trinajstić information content (AvgIpc) is 2.47. The van der Waals surface area contributed by atoms with Crippen LogP contribution in [0.5, 0.6) is 0 Å². The fourth-order valence-corrected chi connectivity index (χ4v) is 2.16. The molecule has 1 heterocycles. The summed E-state index contributed by atoms with van der Waals surface area (Å²) in [5, 5.41) is 4.02. The molecule has 0 N–H and O–H groups in total. The van der Waals surface area contributed by atoms with Crippen LogP contribution in [0, 0.1) is 0 Å². The molecule has 0 saturated heterocycles. The van der Waals surface area contributed by atoms with Crippen LogP contribution in [0.1, 0.15) is 12.6 Å². The highest BCUT2D eigenvalue weighted by Crippen LogP contribution is 2.16. The van der Waals surface area contributed by atoms with Crippen molar-refractivity contribution in [2.75, 3.05) is 7.11 Å². The summed E-state index contributed by atoms with van der Waals surface area (Å²) in [4.78, 5) is 0. The predicted molar refractivity (Wildman–Crippen MR) is 51.7 cm³/mol. The van der Waals surface area contributed by atoms with E-state index in [2.05, 4.69) is 5.10 Å². The second-order valence-corrected chi connectivity index (χ2v) is 5.17. The van der Waals surface area contributed by atoms with E-state index in [0.717, 1.165) is 0 Å². The normalized spacial score (nSPS) is 11.9. The predicted octanol–water partition coefficient (Wildman–Crippen LogP) is 0.977. The van der Waals surface area contributed by atoms with Gasteiger partial charge in [-0.1, -0.05) is 0 Å². The van der Waals surface area contributed by atoms with Crippen LogP contribution in [0.2, 0.25) is 0 Å². The van der Waals surface area contributed by atoms with Crippen molar-refractivity contribution in [1.82, 2.24) is 9.78 Å². The van der Waals surface area contributed by atoms with Crippen molar-refractivity contribution < 1.29 is 13.2 Å². The minimum absolute atomic E-state index is 0.00807. The second kappa shape index (κ2) is 4.29. The van der Waals surface area contributed by atoms with E-state index >= 15 is 0 Å². The van der Waals surface area contributed by atoms with E-state index in [4.69, 9.17) is 15.4 Å². The van der Waals surface area contributed by atoms with E-state index in [1.54, 1.807) is 6.92 Å². The van der Waals surface area contributed by atoms with Crippen molar-refractivity contribution in [3.63, 3.8) is 0 Å². The molecule has 0 spiro atoms. The van der Waals surface area contributed by atoms with Crippen LogP contribution in [0.4, 0.5) is 0 Å². The quantitative estimate of drug-likeness (QED) is 0.734. The van der Waals surface area contributed by atoms with Gasteiger partial charge in [0.05, 0.1) is 12.3 Å². The lowest BCUT2D eigenvalue weighted by Crippen LogP contribution is -2.05. The lowest BCUT2D eigenvalue weighted by molar-refractivity contribution is 0.180. The number of hydrogen-bond acceptors (Lipinski definition) is 4. The fraction of sp³-hybridized carbons (Fsp3) is 0.571. The molecule has 0 aliphatic carbocycles. The van der Waals surface area contributed by atoms with E-state index in [0.29, 0.717) is 12.2 Å². The van der Waals surface area contributed by atoms with Crippen molar-refractivity contribution in [2.45, 2.75) is 25.1 Å². The van der Waals surface area contributed by atoms with Gasteiger partial charge in [-0.25, -0.2) is 8.42 Å². The van der Waals surface area contributed by atoms with Crippen LogP contribution in [-0.4, -0.2) is 25.3 Å². The molecule has 0 amide bonds. The van der Waals surface area contributed by atoms with Crippen molar-refractivity contribution in [2.24, 2.45) is 0 Å². The SMILES string of the molecule is CCn1nc(COC)cc1S(=O)(=O)Cl. The Kier molecular flexibility index (Phi) is 3.52. The standard InChI is InChI=1S/C7H11ClN2O3S/c1-3-10-7(14(8,11)12)4-6(9-10)5-13-2/h4H,3,5H2,1-2H3. The lowest BCUT2D eigenvalue weighted by Gasteiger charge is -1.98. The highest BCUT2D eigenvalue weighted by Gasteiger charge is 2.18. The van der Waals surface area contributed by atoms with Gasteiger partial charge < -0.3 is 4.74 Å². The molecule has 1 aromatic heterocycles. The number of ether oxygens (including phenoxy) is 1. The minimum atomic E-state index is -3.73. The Morgan fingerprint density at radius 2 is 2.29 bits per heavy atom. The minimum Gasteiger partial charge on any atom is -0.378 e. The van der Waals surface area contributed by atoms with Gasteiger partial charge in [0.1, 0.15) is 0 Å². The van der Waals surface area contributed by atoms with Crippen LogP contribution < -0.4 is 0 Å². The van der Waals surface area contributed by atoms with Gasteiger partial charge in [-0.15, -0.1) is 0 Å². The highest BCUT2D eigenvalue weighted by atomic mass is 35.7. The average molecular weight is 239 g/mol. The van der Waals surface area contributed by atoms with Gasteiger partial charge in [-0.3, -0.25) is 4.68 Å². The first-order valence-electron chi connectivity index (χ1n) is 3.99. The maximum Gasteiger partial charge on any atom is 0.278 e. The first-order valence-corrected chi connectivity index (χ1v) is 6.30. The Morgan fingerprint density at radius 1 is 1.64 bits per heavy atom. The molecule has 14 heavy (non-hydrogen) atoms. The molecule has 0 aliphatic rings. The highest BCUT2D eigenvalue weighted by molar-refractivity contribution is 8.13. The maximum atomic E-state index is 11.1. The van der Waals surface area contributed by atoms with Gasteiger partial charge >= 0.3 is 0 Å². The third-order valence-electron chi connectivity index (χ3n) is 1.64. The van der Waals surface area contributed by atoms with Crippen molar-refractivity contribution >= 4 is 19.7 Å². The van der Waals surface area contributed by atoms with Crippen molar-refractivity contribution in [3.05, 3.63) is 11.8 Å². The summed E-state index contributed by atoms with van der Waals surface area (Å²) in [5.41, 5.74) is 0.550. The van der Waals surface area contributed by atoms with Gasteiger partial charge in [0.25, 0.3) is 9.05 Å². The fourth-order valence-electron chi connectivity index (χ4n) is 1.09. The maximum absolute atomic E-state index is 11.1. The molecule has 0 bridgehead atoms. The third-order valence-corrected chi connectivity index (χ3v) is 2.94. The van der Waals surface area contributed by atoms with Gasteiger partial charge in [0, 0.05) is 30.4 Å². The number of methoxy groups -OCH3 is 1. The Bertz CT molecular complexity index is 413. The third kappa shape index (κ3) is 2.46. The number of nitrogens with zero attached hydrogens (tertiary/aromatic N) is 2. The largest absolute Gasteiger partial charge is 0.378 e. The number of aryl methyl sites for hydroxylation is 1. The number of hydrogen-bond donors (Lipinski definition) is 0. The molecule has 80 valence electrons. The molecule has 0 saturated carbocycles. The Labute approximate surface area is 87.0 Å². The molecule has 0 atom stereocenters. The van der Waals surface area contributed by atoms with E-state index < -0.39 is 9.05 Å². The molecular weight excluding hydrogens is 228 g/mol. The molecule has 7 heteroatoms. The van der Waals surface area contributed by atoms with Gasteiger partial charge in [-0.2, -0.15) is 5.10 Å². The summed E-state index contributed by atoms with van der Waals surface area (Å²) in [6.07, 6.45) is 0. The number of rotatable bonds is 4. The smallest absolute Gasteiger partial charge is 0.278 e. The molecule has 5 nitrogen and oxygen atoms in total. The zero-order valence-electron chi connectivity index (χ0n) is 7.90. The monoisotopic (exact) mass is 238 g/mol. The van der Waals surface area contributed by atoms with Crippen LogP contribution in [-0.2, 0) is 26.9 Å². The molecule has 1 aromatic rings. The molecule has 1 rings (SSSR count). The first-order chi connectivity index (χ1) is 6.49. The topological polar surface area (TPSA) is 61.2 Å². The molecule has 0 aliphatic heterocycles. The second-order valence-electron chi connectivity index (χ2n) is 2.66. The van der Waals surface area contributed by atoms with Crippen LogP contribution in [0.15, 0.2) is 11.1 Å². The zero-order chi connectivity index (χ0) is 10.8. The summed E-state index contributed by atoms with van der Waals surface area (Å²) in [7, 11) is 3.01. The molecule has 0 unspecified atom stereocenters. The van der Waals surface area contributed by atoms with Gasteiger partial charge in [0.2, 0.25) is 0 Å². The van der Waals surface area contributed by atoms with Crippen LogP contribution in [0.3, 0.4) is 0 Å². The number of halogens is 1. The summed E-state index contributed by atoms with van der Waals surface area (Å²) in [5.74, 6) is 0. The van der Waals surface area contributed by atoms with E-state index in [9.17, 15) is 8.42 Å². The lowest BCUT2D eigenvalue weighted by atomic mass is 10.5.